The number of hydrogen-bond acceptors (Lipinski definition) is 2. The van der Waals surface area contributed by atoms with Crippen molar-refractivity contribution in [1.29, 1.82) is 0 Å². The Morgan fingerprint density at radius 3 is 2.47 bits per heavy atom. The fourth-order valence-electron chi connectivity index (χ4n) is 1.79. The maximum atomic E-state index is 13.7. The zero-order valence-electron chi connectivity index (χ0n) is 10.0. The highest BCUT2D eigenvalue weighted by Gasteiger charge is 2.19. The molecule has 2 rings (SSSR count). The number of ether oxygens (including phenoxy) is 1. The Kier molecular flexibility index (Phi) is 4.30. The van der Waals surface area contributed by atoms with Crippen molar-refractivity contribution in [2.75, 3.05) is 7.11 Å². The Bertz CT molecular complexity index is 582. The van der Waals surface area contributed by atoms with Gasteiger partial charge >= 0.3 is 0 Å². The van der Waals surface area contributed by atoms with Gasteiger partial charge in [0.2, 0.25) is 0 Å². The molecule has 0 bridgehead atoms. The molecule has 0 aliphatic rings. The summed E-state index contributed by atoms with van der Waals surface area (Å²) >= 11 is 11.9. The van der Waals surface area contributed by atoms with E-state index in [0.717, 1.165) is 0 Å². The smallest absolute Gasteiger partial charge is 0.137 e. The SMILES string of the molecule is COc1ccc(C(O)c2c(F)cccc2Cl)cc1Cl. The summed E-state index contributed by atoms with van der Waals surface area (Å²) in [4.78, 5) is 0. The Balaban J connectivity index is 2.44. The van der Waals surface area contributed by atoms with E-state index in [0.29, 0.717) is 16.3 Å². The molecule has 1 N–H and O–H groups in total. The second kappa shape index (κ2) is 5.78. The van der Waals surface area contributed by atoms with Crippen molar-refractivity contribution in [2.24, 2.45) is 0 Å². The van der Waals surface area contributed by atoms with Crippen LogP contribution in [0.3, 0.4) is 0 Å². The van der Waals surface area contributed by atoms with Crippen molar-refractivity contribution in [3.63, 3.8) is 0 Å². The van der Waals surface area contributed by atoms with Crippen molar-refractivity contribution in [3.8, 4) is 5.75 Å². The molecule has 0 amide bonds. The molecule has 19 heavy (non-hydrogen) atoms. The summed E-state index contributed by atoms with van der Waals surface area (Å²) in [7, 11) is 1.49. The average Bonchev–Trinajstić information content (AvgIpc) is 2.38. The van der Waals surface area contributed by atoms with E-state index in [1.54, 1.807) is 12.1 Å². The van der Waals surface area contributed by atoms with Gasteiger partial charge in [0.15, 0.2) is 0 Å². The van der Waals surface area contributed by atoms with E-state index in [4.69, 9.17) is 27.9 Å². The number of aliphatic hydroxyl groups is 1. The van der Waals surface area contributed by atoms with Crippen molar-refractivity contribution < 1.29 is 14.2 Å². The summed E-state index contributed by atoms with van der Waals surface area (Å²) in [5.74, 6) is -0.0795. The van der Waals surface area contributed by atoms with Crippen LogP contribution in [-0.4, -0.2) is 12.2 Å². The van der Waals surface area contributed by atoms with E-state index in [-0.39, 0.29) is 10.6 Å². The normalized spacial score (nSPS) is 12.3. The molecule has 2 aromatic carbocycles. The zero-order valence-corrected chi connectivity index (χ0v) is 11.5. The molecule has 1 unspecified atom stereocenters. The first-order valence-corrected chi connectivity index (χ1v) is 6.25. The van der Waals surface area contributed by atoms with E-state index >= 15 is 0 Å². The molecule has 0 aliphatic heterocycles. The number of rotatable bonds is 3. The van der Waals surface area contributed by atoms with E-state index in [1.807, 2.05) is 0 Å². The third-order valence-electron chi connectivity index (χ3n) is 2.76. The van der Waals surface area contributed by atoms with Gasteiger partial charge in [-0.3, -0.25) is 0 Å². The number of aliphatic hydroxyl groups excluding tert-OH is 1. The fraction of sp³-hybridized carbons (Fsp3) is 0.143. The van der Waals surface area contributed by atoms with Crippen molar-refractivity contribution in [2.45, 2.75) is 6.10 Å². The van der Waals surface area contributed by atoms with Crippen LogP contribution in [0.1, 0.15) is 17.2 Å². The van der Waals surface area contributed by atoms with Gasteiger partial charge in [0.05, 0.1) is 12.1 Å². The molecule has 100 valence electrons. The molecule has 0 spiro atoms. The summed E-state index contributed by atoms with van der Waals surface area (Å²) in [5.41, 5.74) is 0.475. The van der Waals surface area contributed by atoms with Crippen LogP contribution < -0.4 is 4.74 Å². The zero-order chi connectivity index (χ0) is 14.0. The summed E-state index contributed by atoms with van der Waals surface area (Å²) in [6.07, 6.45) is -1.18. The Hall–Kier alpha value is -1.29. The minimum Gasteiger partial charge on any atom is -0.495 e. The minimum atomic E-state index is -1.18. The molecule has 0 fully saturated rings. The lowest BCUT2D eigenvalue weighted by molar-refractivity contribution is 0.215. The van der Waals surface area contributed by atoms with E-state index in [9.17, 15) is 9.50 Å². The molecule has 0 saturated carbocycles. The van der Waals surface area contributed by atoms with Crippen LogP contribution in [-0.2, 0) is 0 Å². The second-order valence-electron chi connectivity index (χ2n) is 3.93. The number of halogens is 3. The Morgan fingerprint density at radius 1 is 1.16 bits per heavy atom. The average molecular weight is 301 g/mol. The van der Waals surface area contributed by atoms with Crippen molar-refractivity contribution in [1.82, 2.24) is 0 Å². The highest BCUT2D eigenvalue weighted by atomic mass is 35.5. The van der Waals surface area contributed by atoms with Crippen LogP contribution in [0, 0.1) is 5.82 Å². The first kappa shape index (κ1) is 14.1. The highest BCUT2D eigenvalue weighted by Crippen LogP contribution is 2.34. The van der Waals surface area contributed by atoms with Crippen LogP contribution in [0.2, 0.25) is 10.0 Å². The molecular weight excluding hydrogens is 290 g/mol. The number of methoxy groups -OCH3 is 1. The topological polar surface area (TPSA) is 29.5 Å². The third-order valence-corrected chi connectivity index (χ3v) is 3.39. The number of hydrogen-bond donors (Lipinski definition) is 1. The molecule has 0 radical (unpaired) electrons. The number of benzene rings is 2. The van der Waals surface area contributed by atoms with Crippen LogP contribution in [0.25, 0.3) is 0 Å². The maximum absolute atomic E-state index is 13.7. The monoisotopic (exact) mass is 300 g/mol. The first-order valence-electron chi connectivity index (χ1n) is 5.50. The molecule has 0 heterocycles. The standard InChI is InChI=1S/C14H11Cl2FO2/c1-19-12-6-5-8(7-10(12)16)14(18)13-9(15)3-2-4-11(13)17/h2-7,14,18H,1H3. The van der Waals surface area contributed by atoms with E-state index < -0.39 is 11.9 Å². The Labute approximate surface area is 120 Å². The molecule has 0 aromatic heterocycles. The van der Waals surface area contributed by atoms with Crippen LogP contribution in [0.5, 0.6) is 5.75 Å². The lowest BCUT2D eigenvalue weighted by atomic mass is 10.0. The Morgan fingerprint density at radius 2 is 1.89 bits per heavy atom. The lowest BCUT2D eigenvalue weighted by Gasteiger charge is -2.15. The van der Waals surface area contributed by atoms with Crippen LogP contribution in [0.15, 0.2) is 36.4 Å². The third kappa shape index (κ3) is 2.84. The molecule has 2 nitrogen and oxygen atoms in total. The van der Waals surface area contributed by atoms with Gasteiger partial charge in [-0.05, 0) is 29.8 Å². The van der Waals surface area contributed by atoms with Gasteiger partial charge in [0.1, 0.15) is 17.7 Å². The molecule has 0 saturated heterocycles. The largest absolute Gasteiger partial charge is 0.495 e. The molecular formula is C14H11Cl2FO2. The highest BCUT2D eigenvalue weighted by molar-refractivity contribution is 6.32. The lowest BCUT2D eigenvalue weighted by Crippen LogP contribution is -2.03. The summed E-state index contributed by atoms with van der Waals surface area (Å²) in [6.45, 7) is 0. The van der Waals surface area contributed by atoms with Crippen LogP contribution >= 0.6 is 23.2 Å². The van der Waals surface area contributed by atoms with Gasteiger partial charge in [-0.1, -0.05) is 35.3 Å². The van der Waals surface area contributed by atoms with Crippen molar-refractivity contribution >= 4 is 23.2 Å². The van der Waals surface area contributed by atoms with Crippen LogP contribution in [0.4, 0.5) is 4.39 Å². The quantitative estimate of drug-likeness (QED) is 0.919. The predicted octanol–water partition coefficient (Wildman–Crippen LogP) is 4.22. The summed E-state index contributed by atoms with van der Waals surface area (Å²) in [6, 6.07) is 8.99. The summed E-state index contributed by atoms with van der Waals surface area (Å²) in [5, 5.41) is 10.7. The minimum absolute atomic E-state index is 0.0328. The fourth-order valence-corrected chi connectivity index (χ4v) is 2.32. The predicted molar refractivity (Wildman–Crippen MR) is 73.5 cm³/mol. The first-order chi connectivity index (χ1) is 9.04. The van der Waals surface area contributed by atoms with E-state index in [2.05, 4.69) is 0 Å². The van der Waals surface area contributed by atoms with Crippen molar-refractivity contribution in [3.05, 3.63) is 63.4 Å². The molecule has 5 heteroatoms. The second-order valence-corrected chi connectivity index (χ2v) is 4.75. The van der Waals surface area contributed by atoms with Gasteiger partial charge in [0, 0.05) is 10.6 Å². The van der Waals surface area contributed by atoms with E-state index in [1.165, 1.54) is 31.4 Å². The van der Waals surface area contributed by atoms with Gasteiger partial charge < -0.3 is 9.84 Å². The van der Waals surface area contributed by atoms with Gasteiger partial charge in [-0.25, -0.2) is 4.39 Å². The molecule has 0 aliphatic carbocycles. The maximum Gasteiger partial charge on any atom is 0.137 e. The summed E-state index contributed by atoms with van der Waals surface area (Å²) < 4.78 is 18.7. The van der Waals surface area contributed by atoms with Gasteiger partial charge in [-0.15, -0.1) is 0 Å². The molecule has 2 aromatic rings. The van der Waals surface area contributed by atoms with Gasteiger partial charge in [0.25, 0.3) is 0 Å². The van der Waals surface area contributed by atoms with Gasteiger partial charge in [-0.2, -0.15) is 0 Å². The molecule has 1 atom stereocenters.